The summed E-state index contributed by atoms with van der Waals surface area (Å²) in [5.74, 6) is 2.95. The first kappa shape index (κ1) is 13.7. The third-order valence-corrected chi connectivity index (χ3v) is 3.62. The lowest BCUT2D eigenvalue weighted by Gasteiger charge is -2.04. The molecule has 0 radical (unpaired) electrons. The van der Waals surface area contributed by atoms with Gasteiger partial charge in [0.15, 0.2) is 0 Å². The molecule has 3 aromatic rings. The van der Waals surface area contributed by atoms with Crippen LogP contribution in [0.25, 0.3) is 11.3 Å². The van der Waals surface area contributed by atoms with Crippen molar-refractivity contribution in [2.45, 2.75) is 20.4 Å². The van der Waals surface area contributed by atoms with Gasteiger partial charge in [0.05, 0.1) is 6.54 Å². The maximum absolute atomic E-state index is 6.14. The predicted octanol–water partition coefficient (Wildman–Crippen LogP) is 3.95. The number of rotatable bonds is 4. The third kappa shape index (κ3) is 2.92. The Morgan fingerprint density at radius 2 is 2.10 bits per heavy atom. The van der Waals surface area contributed by atoms with Crippen molar-refractivity contribution >= 4 is 17.5 Å². The first-order valence-corrected chi connectivity index (χ1v) is 6.98. The lowest BCUT2D eigenvalue weighted by Crippen LogP contribution is -1.99. The molecule has 2 N–H and O–H groups in total. The van der Waals surface area contributed by atoms with Crippen LogP contribution in [0.2, 0.25) is 5.02 Å². The Balaban J connectivity index is 1.75. The first-order valence-electron chi connectivity index (χ1n) is 6.60. The van der Waals surface area contributed by atoms with Crippen LogP contribution in [-0.2, 0) is 6.54 Å². The minimum absolute atomic E-state index is 0.525. The molecule has 0 spiro atoms. The number of aryl methyl sites for hydroxylation is 1. The number of benzene rings is 1. The van der Waals surface area contributed by atoms with Gasteiger partial charge in [-0.15, -0.1) is 5.10 Å². The van der Waals surface area contributed by atoms with Gasteiger partial charge in [0, 0.05) is 10.6 Å². The van der Waals surface area contributed by atoms with E-state index in [4.69, 9.17) is 16.0 Å². The van der Waals surface area contributed by atoms with Crippen molar-refractivity contribution in [1.29, 1.82) is 0 Å². The molecular formula is C15H15ClN4O. The van der Waals surface area contributed by atoms with E-state index in [0.717, 1.165) is 33.5 Å². The van der Waals surface area contributed by atoms with Gasteiger partial charge in [0.2, 0.25) is 5.95 Å². The summed E-state index contributed by atoms with van der Waals surface area (Å²) in [4.78, 5) is 4.18. The monoisotopic (exact) mass is 302 g/mol. The predicted molar refractivity (Wildman–Crippen MR) is 82.3 cm³/mol. The summed E-state index contributed by atoms with van der Waals surface area (Å²) in [5.41, 5.74) is 2.01. The number of aromatic amines is 1. The van der Waals surface area contributed by atoms with Crippen molar-refractivity contribution in [2.75, 3.05) is 5.32 Å². The molecule has 2 heterocycles. The number of aromatic nitrogens is 3. The van der Waals surface area contributed by atoms with Crippen LogP contribution in [0.1, 0.15) is 17.1 Å². The molecule has 0 aliphatic rings. The van der Waals surface area contributed by atoms with Crippen molar-refractivity contribution < 1.29 is 4.42 Å². The van der Waals surface area contributed by atoms with E-state index in [1.165, 1.54) is 0 Å². The molecule has 0 saturated heterocycles. The molecule has 5 nitrogen and oxygen atoms in total. The van der Waals surface area contributed by atoms with Crippen LogP contribution in [-0.4, -0.2) is 15.2 Å². The molecule has 0 fully saturated rings. The van der Waals surface area contributed by atoms with E-state index in [1.807, 2.05) is 44.2 Å². The van der Waals surface area contributed by atoms with Crippen LogP contribution < -0.4 is 5.32 Å². The zero-order chi connectivity index (χ0) is 14.8. The van der Waals surface area contributed by atoms with Crippen LogP contribution in [0.15, 0.2) is 34.7 Å². The third-order valence-electron chi connectivity index (χ3n) is 3.21. The van der Waals surface area contributed by atoms with Gasteiger partial charge in [-0.25, -0.2) is 0 Å². The average Bonchev–Trinajstić information content (AvgIpc) is 3.08. The number of nitrogens with one attached hydrogen (secondary N) is 2. The summed E-state index contributed by atoms with van der Waals surface area (Å²) in [7, 11) is 0. The minimum atomic E-state index is 0.525. The van der Waals surface area contributed by atoms with Crippen molar-refractivity contribution in [2.24, 2.45) is 0 Å². The second-order valence-corrected chi connectivity index (χ2v) is 5.18. The number of hydrogen-bond donors (Lipinski definition) is 2. The Morgan fingerprint density at radius 3 is 2.86 bits per heavy atom. The number of nitrogens with zero attached hydrogens (tertiary/aromatic N) is 2. The van der Waals surface area contributed by atoms with Gasteiger partial charge in [0.1, 0.15) is 17.3 Å². The van der Waals surface area contributed by atoms with Gasteiger partial charge in [-0.2, -0.15) is 4.98 Å². The summed E-state index contributed by atoms with van der Waals surface area (Å²) >= 11 is 6.14. The SMILES string of the molecule is Cc1nc(NCc2ccc(-c3cccc(Cl)c3C)o2)n[nH]1. The van der Waals surface area contributed by atoms with Crippen LogP contribution in [0, 0.1) is 13.8 Å². The highest BCUT2D eigenvalue weighted by molar-refractivity contribution is 6.31. The maximum atomic E-state index is 6.14. The quantitative estimate of drug-likeness (QED) is 0.766. The highest BCUT2D eigenvalue weighted by Crippen LogP contribution is 2.29. The smallest absolute Gasteiger partial charge is 0.242 e. The van der Waals surface area contributed by atoms with Crippen molar-refractivity contribution in [3.63, 3.8) is 0 Å². The van der Waals surface area contributed by atoms with Crippen LogP contribution in [0.3, 0.4) is 0 Å². The number of furan rings is 1. The number of halogens is 1. The highest BCUT2D eigenvalue weighted by atomic mass is 35.5. The fraction of sp³-hybridized carbons (Fsp3) is 0.200. The maximum Gasteiger partial charge on any atom is 0.242 e. The number of hydrogen-bond acceptors (Lipinski definition) is 4. The molecule has 6 heteroatoms. The van der Waals surface area contributed by atoms with E-state index < -0.39 is 0 Å². The zero-order valence-corrected chi connectivity index (χ0v) is 12.5. The van der Waals surface area contributed by atoms with Crippen molar-refractivity contribution in [3.8, 4) is 11.3 Å². The second kappa shape index (κ2) is 5.61. The van der Waals surface area contributed by atoms with E-state index in [0.29, 0.717) is 12.5 Å². The Morgan fingerprint density at radius 1 is 1.24 bits per heavy atom. The van der Waals surface area contributed by atoms with Gasteiger partial charge < -0.3 is 9.73 Å². The minimum Gasteiger partial charge on any atom is -0.459 e. The molecule has 0 atom stereocenters. The Bertz CT molecular complexity index is 763. The Hall–Kier alpha value is -2.27. The molecule has 21 heavy (non-hydrogen) atoms. The van der Waals surface area contributed by atoms with E-state index in [2.05, 4.69) is 20.5 Å². The molecule has 0 saturated carbocycles. The van der Waals surface area contributed by atoms with E-state index in [-0.39, 0.29) is 0 Å². The van der Waals surface area contributed by atoms with Gasteiger partial charge in [-0.1, -0.05) is 23.7 Å². The summed E-state index contributed by atoms with van der Waals surface area (Å²) in [6.45, 7) is 4.36. The Kier molecular flexibility index (Phi) is 3.66. The van der Waals surface area contributed by atoms with Crippen molar-refractivity contribution in [1.82, 2.24) is 15.2 Å². The van der Waals surface area contributed by atoms with Gasteiger partial charge >= 0.3 is 0 Å². The average molecular weight is 303 g/mol. The van der Waals surface area contributed by atoms with E-state index in [9.17, 15) is 0 Å². The molecule has 0 unspecified atom stereocenters. The molecule has 0 bridgehead atoms. The number of anilines is 1. The molecule has 0 aliphatic heterocycles. The lowest BCUT2D eigenvalue weighted by atomic mass is 10.1. The molecule has 2 aromatic heterocycles. The fourth-order valence-corrected chi connectivity index (χ4v) is 2.25. The van der Waals surface area contributed by atoms with Gasteiger partial charge in [0.25, 0.3) is 0 Å². The second-order valence-electron chi connectivity index (χ2n) is 4.78. The first-order chi connectivity index (χ1) is 10.1. The van der Waals surface area contributed by atoms with Crippen LogP contribution in [0.4, 0.5) is 5.95 Å². The summed E-state index contributed by atoms with van der Waals surface area (Å²) < 4.78 is 5.85. The normalized spacial score (nSPS) is 10.8. The van der Waals surface area contributed by atoms with Crippen LogP contribution >= 0.6 is 11.6 Å². The van der Waals surface area contributed by atoms with Crippen molar-refractivity contribution in [3.05, 3.63) is 52.5 Å². The standard InChI is InChI=1S/C15H15ClN4O/c1-9-12(4-3-5-13(9)16)14-7-6-11(21-14)8-17-15-18-10(2)19-20-15/h3-7H,8H2,1-2H3,(H2,17,18,19,20). The summed E-state index contributed by atoms with van der Waals surface area (Å²) in [6.07, 6.45) is 0. The van der Waals surface area contributed by atoms with Crippen LogP contribution in [0.5, 0.6) is 0 Å². The largest absolute Gasteiger partial charge is 0.459 e. The summed E-state index contributed by atoms with van der Waals surface area (Å²) in [5, 5.41) is 10.6. The molecule has 0 amide bonds. The molecular weight excluding hydrogens is 288 g/mol. The molecule has 0 aliphatic carbocycles. The summed E-state index contributed by atoms with van der Waals surface area (Å²) in [6, 6.07) is 9.66. The van der Waals surface area contributed by atoms with Gasteiger partial charge in [-0.3, -0.25) is 5.10 Å². The fourth-order valence-electron chi connectivity index (χ4n) is 2.08. The zero-order valence-electron chi connectivity index (χ0n) is 11.8. The molecule has 108 valence electrons. The Labute approximate surface area is 127 Å². The highest BCUT2D eigenvalue weighted by Gasteiger charge is 2.09. The molecule has 3 rings (SSSR count). The van der Waals surface area contributed by atoms with E-state index in [1.54, 1.807) is 0 Å². The van der Waals surface area contributed by atoms with Gasteiger partial charge in [-0.05, 0) is 37.6 Å². The lowest BCUT2D eigenvalue weighted by molar-refractivity contribution is 0.530. The number of H-pyrrole nitrogens is 1. The molecule has 1 aromatic carbocycles. The van der Waals surface area contributed by atoms with E-state index >= 15 is 0 Å². The topological polar surface area (TPSA) is 66.7 Å².